The summed E-state index contributed by atoms with van der Waals surface area (Å²) in [5.74, 6) is 1.00. The number of nitrogens with one attached hydrogen (secondary N) is 1. The van der Waals surface area contributed by atoms with Gasteiger partial charge in [-0.3, -0.25) is 29.6 Å². The number of hydrogen-bond acceptors (Lipinski definition) is 10. The molecule has 1 N–H and O–H groups in total. The van der Waals surface area contributed by atoms with Crippen LogP contribution in [0.25, 0.3) is 0 Å². The largest absolute Gasteiger partial charge is 0.497 e. The molecular weight excluding hydrogens is 758 g/mol. The van der Waals surface area contributed by atoms with Gasteiger partial charge in [-0.25, -0.2) is 0 Å². The van der Waals surface area contributed by atoms with E-state index in [0.717, 1.165) is 34.5 Å². The van der Waals surface area contributed by atoms with Crippen molar-refractivity contribution in [3.8, 4) is 23.0 Å². The lowest BCUT2D eigenvalue weighted by Gasteiger charge is -2.32. The van der Waals surface area contributed by atoms with Crippen LogP contribution in [0.1, 0.15) is 48.5 Å². The average molecular weight is 799 g/mol. The van der Waals surface area contributed by atoms with Crippen molar-refractivity contribution in [2.75, 3.05) is 35.9 Å². The summed E-state index contributed by atoms with van der Waals surface area (Å²) in [4.78, 5) is 48.5. The summed E-state index contributed by atoms with van der Waals surface area (Å²) in [6.07, 6.45) is 3.19. The van der Waals surface area contributed by atoms with E-state index >= 15 is 0 Å². The molecular formula is C43H41B4N5O8. The second kappa shape index (κ2) is 14.3. The SMILES string of the molecule is BC(B)(Oc1cc2c(cc1OC)C(=O)N1c3ccccc3C[C@H]1C=N2)c1cc([N+](=O)[O-])cc(C(B)(B)Oc2cc3c(cc2OC)C(=O)N2c4ccc(C)cc4C[C@H]2CN3)c1. The molecule has 298 valence electrons. The summed E-state index contributed by atoms with van der Waals surface area (Å²) in [6, 6.07) is 25.3. The molecule has 0 saturated heterocycles. The third-order valence-electron chi connectivity index (χ3n) is 12.0. The Morgan fingerprint density at radius 2 is 1.38 bits per heavy atom. The van der Waals surface area contributed by atoms with Gasteiger partial charge in [-0.2, -0.15) is 0 Å². The first-order valence-corrected chi connectivity index (χ1v) is 19.9. The molecule has 0 fully saturated rings. The number of para-hydroxylation sites is 1. The Labute approximate surface area is 350 Å². The van der Waals surface area contributed by atoms with Gasteiger partial charge in [-0.1, -0.05) is 42.0 Å². The number of rotatable bonds is 9. The molecule has 0 unspecified atom stereocenters. The van der Waals surface area contributed by atoms with Gasteiger partial charge < -0.3 is 29.2 Å². The summed E-state index contributed by atoms with van der Waals surface area (Å²) in [7, 11) is 10.3. The van der Waals surface area contributed by atoms with Gasteiger partial charge in [0.25, 0.3) is 17.5 Å². The molecule has 0 saturated carbocycles. The smallest absolute Gasteiger partial charge is 0.270 e. The first-order chi connectivity index (χ1) is 28.6. The van der Waals surface area contributed by atoms with Crippen LogP contribution in [0.2, 0.25) is 0 Å². The number of carbonyl (C=O) groups is 2. The molecule has 0 spiro atoms. The summed E-state index contributed by atoms with van der Waals surface area (Å²) in [5, 5.41) is 13.6. The summed E-state index contributed by atoms with van der Waals surface area (Å²) in [6.45, 7) is 2.59. The van der Waals surface area contributed by atoms with E-state index in [2.05, 4.69) is 11.4 Å². The molecule has 0 bridgehead atoms. The van der Waals surface area contributed by atoms with Crippen LogP contribution >= 0.6 is 0 Å². The van der Waals surface area contributed by atoms with Crippen molar-refractivity contribution in [3.05, 3.63) is 134 Å². The van der Waals surface area contributed by atoms with E-state index in [0.29, 0.717) is 69.6 Å². The maximum absolute atomic E-state index is 14.1. The maximum atomic E-state index is 14.1. The number of nitro benzene ring substituents is 1. The highest BCUT2D eigenvalue weighted by Gasteiger charge is 2.40. The molecule has 4 aliphatic heterocycles. The molecule has 5 aromatic rings. The molecule has 0 aliphatic carbocycles. The van der Waals surface area contributed by atoms with Crippen LogP contribution in [-0.2, 0) is 23.6 Å². The van der Waals surface area contributed by atoms with Crippen LogP contribution in [0.4, 0.5) is 28.4 Å². The Morgan fingerprint density at radius 1 is 0.750 bits per heavy atom. The highest BCUT2D eigenvalue weighted by Crippen LogP contribution is 2.45. The number of aryl methyl sites for hydroxylation is 1. The van der Waals surface area contributed by atoms with Gasteiger partial charge in [0, 0.05) is 54.8 Å². The summed E-state index contributed by atoms with van der Waals surface area (Å²) in [5.41, 5.74) is 7.85. The lowest BCUT2D eigenvalue weighted by molar-refractivity contribution is -0.385. The standard InChI is InChI=1S/C43H41B4N5O8/c1-22-8-9-35-24(10-22)12-29-21-49-33-19-39(37(58-3)17-31(33)41(54)51(29)35)60-43(46,47)26-13-25(14-27(15-26)52(55)56)42(44,45)59-38-18-32-30(16-36(38)57-2)40(53)50-28(20-48-32)11-23-6-4-5-7-34(23)50/h4-10,13-20,28-29,49H,11-12,21,44-47H2,1-3H3/t28-,29-/m0/s1. The van der Waals surface area contributed by atoms with Gasteiger partial charge in [0.1, 0.15) is 0 Å². The van der Waals surface area contributed by atoms with Gasteiger partial charge in [0.15, 0.2) is 54.4 Å². The van der Waals surface area contributed by atoms with E-state index in [4.69, 9.17) is 23.9 Å². The molecule has 13 nitrogen and oxygen atoms in total. The van der Waals surface area contributed by atoms with Crippen molar-refractivity contribution in [1.29, 1.82) is 0 Å². The average Bonchev–Trinajstić information content (AvgIpc) is 3.70. The van der Waals surface area contributed by atoms with Crippen LogP contribution in [0.5, 0.6) is 23.0 Å². The fraction of sp³-hybridized carbons (Fsp3) is 0.233. The predicted octanol–water partition coefficient (Wildman–Crippen LogP) is 3.12. The summed E-state index contributed by atoms with van der Waals surface area (Å²) < 4.78 is 24.9. The van der Waals surface area contributed by atoms with Gasteiger partial charge in [0.2, 0.25) is 0 Å². The van der Waals surface area contributed by atoms with Gasteiger partial charge in [-0.15, -0.1) is 0 Å². The number of methoxy groups -OCH3 is 2. The first-order valence-electron chi connectivity index (χ1n) is 19.9. The molecule has 4 heterocycles. The number of non-ortho nitro benzene ring substituents is 1. The molecule has 2 amide bonds. The maximum Gasteiger partial charge on any atom is 0.270 e. The second-order valence-corrected chi connectivity index (χ2v) is 16.7. The second-order valence-electron chi connectivity index (χ2n) is 16.7. The van der Waals surface area contributed by atoms with Crippen molar-refractivity contribution < 1.29 is 33.5 Å². The van der Waals surface area contributed by atoms with Gasteiger partial charge in [0.05, 0.1) is 64.5 Å². The lowest BCUT2D eigenvalue weighted by Crippen LogP contribution is -2.39. The van der Waals surface area contributed by atoms with Crippen LogP contribution in [-0.4, -0.2) is 87.2 Å². The Bertz CT molecular complexity index is 2690. The third kappa shape index (κ3) is 6.52. The zero-order chi connectivity index (χ0) is 42.2. The van der Waals surface area contributed by atoms with E-state index in [1.807, 2.05) is 70.0 Å². The number of fused-ring (bicyclic) bond motifs is 8. The lowest BCUT2D eigenvalue weighted by atomic mass is 9.57. The van der Waals surface area contributed by atoms with E-state index in [1.165, 1.54) is 26.4 Å². The molecule has 9 rings (SSSR count). The number of anilines is 3. The van der Waals surface area contributed by atoms with E-state index in [1.54, 1.807) is 51.1 Å². The Morgan fingerprint density at radius 3 is 2.07 bits per heavy atom. The minimum atomic E-state index is -1.16. The van der Waals surface area contributed by atoms with Crippen molar-refractivity contribution in [2.24, 2.45) is 4.99 Å². The van der Waals surface area contributed by atoms with Gasteiger partial charge in [-0.05, 0) is 59.9 Å². The molecule has 4 aliphatic rings. The highest BCUT2D eigenvalue weighted by atomic mass is 16.6. The van der Waals surface area contributed by atoms with Crippen molar-refractivity contribution in [2.45, 2.75) is 42.6 Å². The minimum Gasteiger partial charge on any atom is -0.497 e. The number of carbonyl (C=O) groups excluding carboxylic acids is 2. The summed E-state index contributed by atoms with van der Waals surface area (Å²) >= 11 is 0. The van der Waals surface area contributed by atoms with Crippen molar-refractivity contribution >= 4 is 77.9 Å². The molecule has 2 atom stereocenters. The topological polar surface area (TPSA) is 145 Å². The third-order valence-corrected chi connectivity index (χ3v) is 12.0. The molecule has 17 heteroatoms. The van der Waals surface area contributed by atoms with E-state index < -0.39 is 15.7 Å². The monoisotopic (exact) mass is 799 g/mol. The normalized spacial score (nSPS) is 17.5. The molecule has 0 radical (unpaired) electrons. The van der Waals surface area contributed by atoms with E-state index in [-0.39, 0.29) is 29.6 Å². The van der Waals surface area contributed by atoms with Crippen molar-refractivity contribution in [3.63, 3.8) is 0 Å². The number of benzene rings is 5. The predicted molar refractivity (Wildman–Crippen MR) is 241 cm³/mol. The minimum absolute atomic E-state index is 0.0563. The quantitative estimate of drug-likeness (QED) is 0.135. The number of amides is 2. The van der Waals surface area contributed by atoms with Crippen LogP contribution in [0.3, 0.4) is 0 Å². The van der Waals surface area contributed by atoms with Crippen LogP contribution in [0.15, 0.2) is 89.9 Å². The number of ether oxygens (including phenoxy) is 4. The number of hydrogen-bond donors (Lipinski definition) is 1. The zero-order valence-electron chi connectivity index (χ0n) is 34.5. The molecule has 0 aromatic heterocycles. The first kappa shape index (κ1) is 38.9. The number of nitrogens with zero attached hydrogens (tertiary/aromatic N) is 4. The Kier molecular flexibility index (Phi) is 9.25. The van der Waals surface area contributed by atoms with E-state index in [9.17, 15) is 19.7 Å². The molecule has 5 aromatic carbocycles. The highest BCUT2D eigenvalue weighted by molar-refractivity contribution is 6.40. The van der Waals surface area contributed by atoms with Crippen LogP contribution < -0.4 is 34.1 Å². The van der Waals surface area contributed by atoms with Gasteiger partial charge >= 0.3 is 0 Å². The van der Waals surface area contributed by atoms with Crippen LogP contribution in [0, 0.1) is 17.0 Å². The fourth-order valence-corrected chi connectivity index (χ4v) is 8.81. The Balaban J connectivity index is 1.02. The number of aliphatic imine (C=N–C) groups is 1. The molecule has 60 heavy (non-hydrogen) atoms. The zero-order valence-corrected chi connectivity index (χ0v) is 34.5. The Hall–Kier alpha value is -6.63. The number of nitro groups is 1. The van der Waals surface area contributed by atoms with Crippen molar-refractivity contribution in [1.82, 2.24) is 0 Å². The fourth-order valence-electron chi connectivity index (χ4n) is 8.81.